The lowest BCUT2D eigenvalue weighted by atomic mass is 10.1. The molecule has 0 radical (unpaired) electrons. The molecule has 0 aliphatic carbocycles. The largest absolute Gasteiger partial charge is 0.393 e. The molecular formula is C14H17N3O3. The van der Waals surface area contributed by atoms with E-state index in [1.54, 1.807) is 24.5 Å². The van der Waals surface area contributed by atoms with Crippen LogP contribution in [0.2, 0.25) is 0 Å². The number of rotatable bonds is 6. The predicted octanol–water partition coefficient (Wildman–Crippen LogP) is 2.72. The number of nitrogens with one attached hydrogen (secondary N) is 1. The van der Waals surface area contributed by atoms with Crippen molar-refractivity contribution in [2.45, 2.75) is 25.9 Å². The van der Waals surface area contributed by atoms with Crippen molar-refractivity contribution in [3.63, 3.8) is 0 Å². The minimum atomic E-state index is -0.396. The fraction of sp³-hybridized carbons (Fsp3) is 0.357. The minimum absolute atomic E-state index is 0.0709. The zero-order chi connectivity index (χ0) is 14.5. The average molecular weight is 275 g/mol. The molecule has 2 N–H and O–H groups in total. The van der Waals surface area contributed by atoms with Crippen LogP contribution in [0.5, 0.6) is 0 Å². The molecule has 0 bridgehead atoms. The molecule has 0 spiro atoms. The summed E-state index contributed by atoms with van der Waals surface area (Å²) in [4.78, 5) is 14.6. The van der Waals surface area contributed by atoms with Crippen molar-refractivity contribution in [3.8, 4) is 0 Å². The van der Waals surface area contributed by atoms with E-state index in [2.05, 4.69) is 10.3 Å². The summed E-state index contributed by atoms with van der Waals surface area (Å²) in [7, 11) is 0. The van der Waals surface area contributed by atoms with Crippen LogP contribution in [0.3, 0.4) is 0 Å². The lowest BCUT2D eigenvalue weighted by Gasteiger charge is -2.12. The monoisotopic (exact) mass is 275 g/mol. The molecule has 0 saturated carbocycles. The van der Waals surface area contributed by atoms with Crippen LogP contribution in [0, 0.1) is 10.1 Å². The van der Waals surface area contributed by atoms with E-state index < -0.39 is 4.92 Å². The van der Waals surface area contributed by atoms with Gasteiger partial charge in [0.05, 0.1) is 16.4 Å². The minimum Gasteiger partial charge on any atom is -0.393 e. The van der Waals surface area contributed by atoms with E-state index in [0.29, 0.717) is 30.2 Å². The van der Waals surface area contributed by atoms with E-state index in [-0.39, 0.29) is 11.8 Å². The molecule has 0 aliphatic rings. The molecule has 20 heavy (non-hydrogen) atoms. The molecule has 0 amide bonds. The summed E-state index contributed by atoms with van der Waals surface area (Å²) in [6.07, 6.45) is 4.17. The van der Waals surface area contributed by atoms with Gasteiger partial charge in [0.25, 0.3) is 5.69 Å². The van der Waals surface area contributed by atoms with Crippen LogP contribution in [0.15, 0.2) is 30.6 Å². The van der Waals surface area contributed by atoms with Crippen molar-refractivity contribution in [1.82, 2.24) is 4.98 Å². The Balaban J connectivity index is 2.27. The molecule has 0 saturated heterocycles. The first-order chi connectivity index (χ1) is 9.63. The number of anilines is 1. The Kier molecular flexibility index (Phi) is 4.47. The van der Waals surface area contributed by atoms with Crippen molar-refractivity contribution >= 4 is 22.1 Å². The summed E-state index contributed by atoms with van der Waals surface area (Å²) in [6, 6.07) is 4.81. The van der Waals surface area contributed by atoms with Crippen molar-refractivity contribution < 1.29 is 10.0 Å². The van der Waals surface area contributed by atoms with Gasteiger partial charge in [0.15, 0.2) is 0 Å². The van der Waals surface area contributed by atoms with Gasteiger partial charge in [0, 0.05) is 36.1 Å². The standard InChI is InChI=1S/C14H17N3O3/c1-2-10(18)5-8-16-13-3-4-14(17(19)20)11-6-7-15-9-12(11)13/h3-4,6-7,9-10,16,18H,2,5,8H2,1H3. The number of non-ortho nitro benzene ring substituents is 1. The van der Waals surface area contributed by atoms with Gasteiger partial charge in [-0.1, -0.05) is 6.92 Å². The Hall–Kier alpha value is -2.21. The van der Waals surface area contributed by atoms with E-state index in [4.69, 9.17) is 0 Å². The molecule has 0 fully saturated rings. The molecule has 1 unspecified atom stereocenters. The molecule has 1 heterocycles. The number of fused-ring (bicyclic) bond motifs is 1. The van der Waals surface area contributed by atoms with Crippen LogP contribution in [0.4, 0.5) is 11.4 Å². The number of aromatic nitrogens is 1. The number of aliphatic hydroxyl groups excluding tert-OH is 1. The van der Waals surface area contributed by atoms with E-state index >= 15 is 0 Å². The molecule has 1 aromatic carbocycles. The van der Waals surface area contributed by atoms with Crippen LogP contribution >= 0.6 is 0 Å². The maximum atomic E-state index is 11.0. The third-order valence-electron chi connectivity index (χ3n) is 3.26. The average Bonchev–Trinajstić information content (AvgIpc) is 2.46. The molecule has 2 aromatic rings. The van der Waals surface area contributed by atoms with Gasteiger partial charge in [-0.3, -0.25) is 15.1 Å². The van der Waals surface area contributed by atoms with Gasteiger partial charge in [-0.25, -0.2) is 0 Å². The Bertz CT molecular complexity index is 616. The highest BCUT2D eigenvalue weighted by molar-refractivity contribution is 5.99. The number of nitrogens with zero attached hydrogens (tertiary/aromatic N) is 2. The summed E-state index contributed by atoms with van der Waals surface area (Å²) in [6.45, 7) is 2.53. The molecule has 106 valence electrons. The molecule has 6 nitrogen and oxygen atoms in total. The molecule has 2 rings (SSSR count). The van der Waals surface area contributed by atoms with E-state index in [0.717, 1.165) is 5.69 Å². The first-order valence-electron chi connectivity index (χ1n) is 6.56. The molecule has 1 aromatic heterocycles. The van der Waals surface area contributed by atoms with Crippen LogP contribution in [-0.4, -0.2) is 27.7 Å². The summed E-state index contributed by atoms with van der Waals surface area (Å²) < 4.78 is 0. The maximum Gasteiger partial charge on any atom is 0.277 e. The zero-order valence-electron chi connectivity index (χ0n) is 11.2. The third-order valence-corrected chi connectivity index (χ3v) is 3.26. The highest BCUT2D eigenvalue weighted by atomic mass is 16.6. The number of hydrogen-bond donors (Lipinski definition) is 2. The zero-order valence-corrected chi connectivity index (χ0v) is 11.2. The highest BCUT2D eigenvalue weighted by Crippen LogP contribution is 2.30. The second-order valence-electron chi connectivity index (χ2n) is 4.59. The summed E-state index contributed by atoms with van der Waals surface area (Å²) in [5.41, 5.74) is 0.864. The number of nitro benzene ring substituents is 1. The summed E-state index contributed by atoms with van der Waals surface area (Å²) >= 11 is 0. The Morgan fingerprint density at radius 3 is 2.90 bits per heavy atom. The molecule has 1 atom stereocenters. The maximum absolute atomic E-state index is 11.0. The lowest BCUT2D eigenvalue weighted by molar-refractivity contribution is -0.383. The van der Waals surface area contributed by atoms with Gasteiger partial charge >= 0.3 is 0 Å². The fourth-order valence-corrected chi connectivity index (χ4v) is 2.07. The van der Waals surface area contributed by atoms with E-state index in [1.165, 1.54) is 6.07 Å². The van der Waals surface area contributed by atoms with E-state index in [1.807, 2.05) is 6.92 Å². The SMILES string of the molecule is CCC(O)CCNc1ccc([N+](=O)[O-])c2ccncc12. The number of benzene rings is 1. The second kappa shape index (κ2) is 6.29. The Morgan fingerprint density at radius 2 is 2.20 bits per heavy atom. The lowest BCUT2D eigenvalue weighted by Crippen LogP contribution is -2.12. The van der Waals surface area contributed by atoms with Crippen LogP contribution in [0.25, 0.3) is 10.8 Å². The quantitative estimate of drug-likeness (QED) is 0.625. The number of aliphatic hydroxyl groups is 1. The smallest absolute Gasteiger partial charge is 0.277 e. The number of nitro groups is 1. The molecular weight excluding hydrogens is 258 g/mol. The highest BCUT2D eigenvalue weighted by Gasteiger charge is 2.14. The topological polar surface area (TPSA) is 88.3 Å². The molecule has 6 heteroatoms. The van der Waals surface area contributed by atoms with Crippen LogP contribution in [0.1, 0.15) is 19.8 Å². The van der Waals surface area contributed by atoms with Gasteiger partial charge in [-0.05, 0) is 25.0 Å². The van der Waals surface area contributed by atoms with Crippen LogP contribution in [-0.2, 0) is 0 Å². The molecule has 0 aliphatic heterocycles. The first-order valence-corrected chi connectivity index (χ1v) is 6.56. The Labute approximate surface area is 116 Å². The second-order valence-corrected chi connectivity index (χ2v) is 4.59. The van der Waals surface area contributed by atoms with Gasteiger partial charge in [0.1, 0.15) is 0 Å². The first kappa shape index (κ1) is 14.2. The van der Waals surface area contributed by atoms with Gasteiger partial charge in [-0.2, -0.15) is 0 Å². The third kappa shape index (κ3) is 3.03. The Morgan fingerprint density at radius 1 is 1.40 bits per heavy atom. The van der Waals surface area contributed by atoms with Gasteiger partial charge in [0.2, 0.25) is 0 Å². The van der Waals surface area contributed by atoms with Gasteiger partial charge in [-0.15, -0.1) is 0 Å². The van der Waals surface area contributed by atoms with Crippen molar-refractivity contribution in [2.75, 3.05) is 11.9 Å². The van der Waals surface area contributed by atoms with E-state index in [9.17, 15) is 15.2 Å². The van der Waals surface area contributed by atoms with Gasteiger partial charge < -0.3 is 10.4 Å². The summed E-state index contributed by atoms with van der Waals surface area (Å²) in [5, 5.41) is 25.0. The van der Waals surface area contributed by atoms with Crippen molar-refractivity contribution in [2.24, 2.45) is 0 Å². The number of pyridine rings is 1. The van der Waals surface area contributed by atoms with Crippen molar-refractivity contribution in [3.05, 3.63) is 40.7 Å². The summed E-state index contributed by atoms with van der Waals surface area (Å²) in [5.74, 6) is 0. The normalized spacial score (nSPS) is 12.3. The fourth-order valence-electron chi connectivity index (χ4n) is 2.07. The van der Waals surface area contributed by atoms with Crippen LogP contribution < -0.4 is 5.32 Å². The number of hydrogen-bond acceptors (Lipinski definition) is 5. The van der Waals surface area contributed by atoms with Crippen molar-refractivity contribution in [1.29, 1.82) is 0 Å². The predicted molar refractivity (Wildman–Crippen MR) is 77.8 cm³/mol.